The van der Waals surface area contributed by atoms with Gasteiger partial charge in [-0.3, -0.25) is 0 Å². The van der Waals surface area contributed by atoms with E-state index in [1.54, 1.807) is 94.7 Å². The van der Waals surface area contributed by atoms with Crippen LogP contribution in [0.25, 0.3) is 5.57 Å². The Balaban J connectivity index is 1.21. The molecule has 1 aromatic carbocycles. The fourth-order valence-corrected chi connectivity index (χ4v) is 16.1. The van der Waals surface area contributed by atoms with Crippen LogP contribution in [-0.4, -0.2) is 11.7 Å². The third-order valence-electron chi connectivity index (χ3n) is 16.3. The third kappa shape index (κ3) is 1.05. The third-order valence-corrected chi connectivity index (χ3v) is 16.3. The molecule has 15 aliphatic carbocycles. The van der Waals surface area contributed by atoms with Crippen LogP contribution in [0.15, 0.2) is 97.3 Å². The van der Waals surface area contributed by atoms with Gasteiger partial charge < -0.3 is 9.47 Å². The summed E-state index contributed by atoms with van der Waals surface area (Å²) in [6, 6.07) is 0. The second-order valence-electron chi connectivity index (χ2n) is 16.7. The van der Waals surface area contributed by atoms with E-state index in [-0.39, 0.29) is 16.8 Å². The first-order valence-corrected chi connectivity index (χ1v) is 16.4. The molecule has 12 atom stereocenters. The smallest absolute Gasteiger partial charge is 0.151 e. The summed E-state index contributed by atoms with van der Waals surface area (Å²) in [5.41, 5.74) is 32.3. The lowest BCUT2D eigenvalue weighted by Gasteiger charge is -2.42. The maximum Gasteiger partial charge on any atom is 0.151 e. The summed E-state index contributed by atoms with van der Waals surface area (Å²) in [4.78, 5) is 0. The van der Waals surface area contributed by atoms with Crippen LogP contribution < -0.4 is 0 Å². The molecule has 2 saturated heterocycles. The maximum atomic E-state index is 7.83. The van der Waals surface area contributed by atoms with Gasteiger partial charge in [-0.25, -0.2) is 0 Å². The molecule has 41 heavy (non-hydrogen) atoms. The molecule has 188 valence electrons. The topological polar surface area (TPSA) is 25.1 Å². The fraction of sp³-hybridized carbons (Fsp3) is 0.385. The predicted octanol–water partition coefficient (Wildman–Crippen LogP) is 6.23. The lowest BCUT2D eigenvalue weighted by Crippen LogP contribution is -2.42. The second-order valence-corrected chi connectivity index (χ2v) is 16.7. The molecule has 0 N–H and O–H groups in total. The lowest BCUT2D eigenvalue weighted by molar-refractivity contribution is 0.264. The molecule has 2 aliphatic heterocycles. The molecular formula is C39H20O2. The number of hydrogen-bond donors (Lipinski definition) is 0. The van der Waals surface area contributed by atoms with Gasteiger partial charge in [-0.05, 0) is 119 Å². The number of epoxide rings is 2. The van der Waals surface area contributed by atoms with Gasteiger partial charge in [-0.2, -0.15) is 0 Å². The molecule has 2 nitrogen and oxygen atoms in total. The van der Waals surface area contributed by atoms with Gasteiger partial charge in [0.1, 0.15) is 11.2 Å². The zero-order chi connectivity index (χ0) is 24.7. The normalized spacial score (nSPS) is 56.7. The Labute approximate surface area is 234 Å². The molecular weight excluding hydrogens is 500 g/mol. The van der Waals surface area contributed by atoms with Gasteiger partial charge in [0.05, 0.1) is 6.10 Å². The number of rotatable bonds is 0. The summed E-state index contributed by atoms with van der Waals surface area (Å²) in [5.74, 6) is 4.16. The van der Waals surface area contributed by atoms with Crippen molar-refractivity contribution in [3.05, 3.63) is 131 Å². The molecule has 3 saturated carbocycles. The van der Waals surface area contributed by atoms with Crippen LogP contribution in [0, 0.1) is 29.6 Å². The van der Waals surface area contributed by atoms with E-state index in [2.05, 4.69) is 30.4 Å². The van der Waals surface area contributed by atoms with Crippen molar-refractivity contribution in [1.82, 2.24) is 0 Å². The second kappa shape index (κ2) is 3.98. The molecule has 12 unspecified atom stereocenters. The molecule has 1 aromatic rings. The number of ether oxygens (including phenoxy) is 2. The van der Waals surface area contributed by atoms with Crippen molar-refractivity contribution in [2.75, 3.05) is 0 Å². The molecule has 2 heteroatoms. The van der Waals surface area contributed by atoms with Crippen LogP contribution in [0.5, 0.6) is 0 Å². The number of allylic oxidation sites excluding steroid dienone is 13. The first-order valence-electron chi connectivity index (χ1n) is 16.4. The number of benzene rings is 1. The minimum atomic E-state index is -0.179. The molecule has 0 amide bonds. The van der Waals surface area contributed by atoms with E-state index < -0.39 is 0 Å². The van der Waals surface area contributed by atoms with E-state index in [0.717, 1.165) is 19.3 Å². The van der Waals surface area contributed by atoms with Crippen molar-refractivity contribution >= 4 is 5.57 Å². The average Bonchev–Trinajstić information content (AvgIpc) is 3.40. The molecule has 3 spiro atoms. The van der Waals surface area contributed by atoms with E-state index >= 15 is 0 Å². The Morgan fingerprint density at radius 1 is 0.634 bits per heavy atom. The Bertz CT molecular complexity index is 2410. The summed E-state index contributed by atoms with van der Waals surface area (Å²) >= 11 is 0. The summed E-state index contributed by atoms with van der Waals surface area (Å²) in [5, 5.41) is 0. The molecule has 0 bridgehead atoms. The van der Waals surface area contributed by atoms with Crippen LogP contribution in [0.3, 0.4) is 0 Å². The number of fused-ring (bicyclic) bond motifs is 1. The molecule has 0 radical (unpaired) electrons. The van der Waals surface area contributed by atoms with E-state index in [4.69, 9.17) is 9.47 Å². The molecule has 0 aromatic heterocycles. The first kappa shape index (κ1) is 17.0. The Kier molecular flexibility index (Phi) is 1.66. The highest BCUT2D eigenvalue weighted by Gasteiger charge is 2.93. The minimum absolute atomic E-state index is 0.0594. The van der Waals surface area contributed by atoms with Crippen LogP contribution in [0.4, 0.5) is 0 Å². The highest BCUT2D eigenvalue weighted by atomic mass is 16.6. The van der Waals surface area contributed by atoms with Crippen molar-refractivity contribution in [3.8, 4) is 0 Å². The van der Waals surface area contributed by atoms with E-state index in [9.17, 15) is 0 Å². The van der Waals surface area contributed by atoms with Crippen LogP contribution >= 0.6 is 0 Å². The quantitative estimate of drug-likeness (QED) is 0.379. The highest BCUT2D eigenvalue weighted by molar-refractivity contribution is 5.97. The summed E-state index contributed by atoms with van der Waals surface area (Å²) in [6.45, 7) is 0. The van der Waals surface area contributed by atoms with Gasteiger partial charge in [0.15, 0.2) is 5.60 Å². The lowest BCUT2D eigenvalue weighted by atomic mass is 9.57. The minimum Gasteiger partial charge on any atom is -0.360 e. The zero-order valence-corrected chi connectivity index (χ0v) is 22.0. The molecule has 18 rings (SSSR count). The van der Waals surface area contributed by atoms with Gasteiger partial charge in [0, 0.05) is 53.8 Å². The van der Waals surface area contributed by atoms with Gasteiger partial charge in [-0.15, -0.1) is 0 Å². The van der Waals surface area contributed by atoms with Crippen molar-refractivity contribution in [2.45, 2.75) is 59.9 Å². The summed E-state index contributed by atoms with van der Waals surface area (Å²) in [7, 11) is 0. The highest BCUT2D eigenvalue weighted by Crippen LogP contribution is 2.93. The van der Waals surface area contributed by atoms with Crippen LogP contribution in [-0.2, 0) is 20.7 Å². The Morgan fingerprint density at radius 3 is 2.29 bits per heavy atom. The van der Waals surface area contributed by atoms with E-state index in [0.29, 0.717) is 53.4 Å². The largest absolute Gasteiger partial charge is 0.360 e. The Hall–Kier alpha value is -3.20. The van der Waals surface area contributed by atoms with Gasteiger partial charge in [-0.1, -0.05) is 30.4 Å². The standard InChI is InChI=1S/C39H20O2/c1-9-2-11-6-15-8-37-31-23(15)26-19(11)25-17(9)18-10(1)3-13-4-12-5-14-7-16(36(37)40-37)24-30(31)35-29(26)28(25)34-27(18)22(13)32-20(12)21(14)33(24)39(35)38(32,34)41-39/h2-4,6-7,11,13,16,19,22,24,28,34,36H,1,5,8H2. The number of hydrogen-bond acceptors (Lipinski definition) is 2. The van der Waals surface area contributed by atoms with Crippen LogP contribution in [0.1, 0.15) is 70.4 Å². The van der Waals surface area contributed by atoms with Crippen molar-refractivity contribution in [1.29, 1.82) is 0 Å². The summed E-state index contributed by atoms with van der Waals surface area (Å²) < 4.78 is 14.9. The first-order chi connectivity index (χ1) is 20.3. The molecule has 17 aliphatic rings. The van der Waals surface area contributed by atoms with Crippen molar-refractivity contribution in [3.63, 3.8) is 0 Å². The monoisotopic (exact) mass is 520 g/mol. The van der Waals surface area contributed by atoms with Crippen LogP contribution in [0.2, 0.25) is 0 Å². The average molecular weight is 521 g/mol. The summed E-state index contributed by atoms with van der Waals surface area (Å²) in [6.07, 6.45) is 17.5. The fourth-order valence-electron chi connectivity index (χ4n) is 16.1. The van der Waals surface area contributed by atoms with Gasteiger partial charge in [0.2, 0.25) is 0 Å². The van der Waals surface area contributed by atoms with E-state index in [1.165, 1.54) is 0 Å². The predicted molar refractivity (Wildman–Crippen MR) is 146 cm³/mol. The zero-order valence-electron chi connectivity index (χ0n) is 22.0. The van der Waals surface area contributed by atoms with Gasteiger partial charge >= 0.3 is 0 Å². The SMILES string of the molecule is C1=C2CC3=CC4C=C5CC6=CC7C8C9=C6C5=C5C4C4=C3C2=C2C3c6c%10c(c8c8c6C2C4C52OC982)C2(CC%10=CC13)OC72. The van der Waals surface area contributed by atoms with E-state index in [1.807, 2.05) is 11.1 Å². The van der Waals surface area contributed by atoms with Gasteiger partial charge in [0.25, 0.3) is 0 Å². The van der Waals surface area contributed by atoms with Crippen molar-refractivity contribution < 1.29 is 9.47 Å². The maximum absolute atomic E-state index is 7.83. The molecule has 5 fully saturated rings. The Morgan fingerprint density at radius 2 is 1.39 bits per heavy atom. The van der Waals surface area contributed by atoms with Crippen molar-refractivity contribution in [2.24, 2.45) is 29.6 Å². The molecule has 2 heterocycles.